The lowest BCUT2D eigenvalue weighted by molar-refractivity contribution is -0.137. The van der Waals surface area contributed by atoms with Crippen molar-refractivity contribution in [2.75, 3.05) is 11.9 Å². The Morgan fingerprint density at radius 3 is 3.00 bits per heavy atom. The monoisotopic (exact) mass is 423 g/mol. The number of nitrogens with one attached hydrogen (secondary N) is 1. The molecule has 2 N–H and O–H groups in total. The topological polar surface area (TPSA) is 75.1 Å². The summed E-state index contributed by atoms with van der Waals surface area (Å²) in [6.45, 7) is 1.02. The zero-order valence-electron chi connectivity index (χ0n) is 17.3. The molecule has 0 fully saturated rings. The number of pyridine rings is 2. The smallest absolute Gasteiger partial charge is 0.303 e. The third-order valence-corrected chi connectivity index (χ3v) is 6.74. The number of aryl methyl sites for hydroxylation is 2. The first kappa shape index (κ1) is 20.8. The molecule has 3 aromatic heterocycles. The lowest BCUT2D eigenvalue weighted by atomic mass is 9.90. The quantitative estimate of drug-likeness (QED) is 0.403. The molecule has 4 heterocycles. The molecular weight excluding hydrogens is 394 g/mol. The number of nitrogens with zero attached hydrogens (tertiary/aromatic N) is 2. The molecule has 0 saturated carbocycles. The van der Waals surface area contributed by atoms with Crippen molar-refractivity contribution in [2.24, 2.45) is 0 Å². The summed E-state index contributed by atoms with van der Waals surface area (Å²) in [5, 5.41) is 15.9. The number of hydrogen-bond acceptors (Lipinski definition) is 5. The molecule has 158 valence electrons. The van der Waals surface area contributed by atoms with Crippen LogP contribution >= 0.6 is 11.3 Å². The highest BCUT2D eigenvalue weighted by molar-refractivity contribution is 7.16. The van der Waals surface area contributed by atoms with Gasteiger partial charge in [-0.15, -0.1) is 11.3 Å². The Hall–Kier alpha value is -2.47. The molecule has 5 nitrogen and oxygen atoms in total. The van der Waals surface area contributed by atoms with Gasteiger partial charge in [0.15, 0.2) is 0 Å². The minimum Gasteiger partial charge on any atom is -0.481 e. The summed E-state index contributed by atoms with van der Waals surface area (Å²) in [6, 6.07) is 8.56. The molecule has 1 unspecified atom stereocenters. The van der Waals surface area contributed by atoms with Gasteiger partial charge in [0, 0.05) is 23.8 Å². The Balaban J connectivity index is 1.24. The molecule has 0 spiro atoms. The first-order valence-corrected chi connectivity index (χ1v) is 11.8. The van der Waals surface area contributed by atoms with E-state index in [1.807, 2.05) is 11.6 Å². The van der Waals surface area contributed by atoms with E-state index >= 15 is 0 Å². The maximum atomic E-state index is 11.4. The zero-order valence-corrected chi connectivity index (χ0v) is 18.1. The van der Waals surface area contributed by atoms with Crippen LogP contribution in [0.3, 0.4) is 0 Å². The number of aromatic nitrogens is 2. The van der Waals surface area contributed by atoms with Gasteiger partial charge < -0.3 is 10.4 Å². The van der Waals surface area contributed by atoms with Gasteiger partial charge in [0.05, 0.1) is 6.42 Å². The normalized spacial score (nSPS) is 14.3. The van der Waals surface area contributed by atoms with Crippen molar-refractivity contribution in [1.82, 2.24) is 9.97 Å². The Labute approximate surface area is 181 Å². The van der Waals surface area contributed by atoms with Gasteiger partial charge in [-0.1, -0.05) is 25.3 Å². The molecule has 6 heteroatoms. The average molecular weight is 424 g/mol. The van der Waals surface area contributed by atoms with Gasteiger partial charge in [0.2, 0.25) is 0 Å². The first-order valence-electron chi connectivity index (χ1n) is 11.0. The second-order valence-electron chi connectivity index (χ2n) is 8.17. The molecule has 3 aromatic rings. The van der Waals surface area contributed by atoms with E-state index in [1.54, 1.807) is 11.3 Å². The Morgan fingerprint density at radius 2 is 2.10 bits per heavy atom. The molecule has 1 atom stereocenters. The van der Waals surface area contributed by atoms with Gasteiger partial charge in [-0.2, -0.15) is 0 Å². The molecule has 1 aliphatic heterocycles. The molecule has 0 radical (unpaired) electrons. The largest absolute Gasteiger partial charge is 0.481 e. The number of rotatable bonds is 10. The van der Waals surface area contributed by atoms with E-state index in [9.17, 15) is 9.90 Å². The summed E-state index contributed by atoms with van der Waals surface area (Å²) in [5.41, 5.74) is 3.56. The van der Waals surface area contributed by atoms with Crippen LogP contribution in [0.25, 0.3) is 10.2 Å². The standard InChI is InChI=1S/C24H29N3O2S/c28-22(29)15-18(20-14-19-11-13-30-24(19)26-16-20)6-3-1-2-4-8-21-10-9-17-7-5-12-25-23(17)27-21/h9-11,13-14,16,18H,1-8,12,15H2,(H,25,27)(H,28,29). The summed E-state index contributed by atoms with van der Waals surface area (Å²) in [6.07, 6.45) is 10.7. The summed E-state index contributed by atoms with van der Waals surface area (Å²) in [4.78, 5) is 21.6. The fourth-order valence-corrected chi connectivity index (χ4v) is 4.98. The molecule has 30 heavy (non-hydrogen) atoms. The van der Waals surface area contributed by atoms with E-state index in [4.69, 9.17) is 4.98 Å². The number of hydrogen-bond donors (Lipinski definition) is 2. The van der Waals surface area contributed by atoms with E-state index in [2.05, 4.69) is 34.6 Å². The minimum atomic E-state index is -0.738. The third-order valence-electron chi connectivity index (χ3n) is 5.91. The molecule has 0 bridgehead atoms. The van der Waals surface area contributed by atoms with Crippen molar-refractivity contribution >= 4 is 33.3 Å². The number of thiophene rings is 1. The highest BCUT2D eigenvalue weighted by atomic mass is 32.1. The van der Waals surface area contributed by atoms with Crippen molar-refractivity contribution in [2.45, 2.75) is 63.7 Å². The van der Waals surface area contributed by atoms with Crippen molar-refractivity contribution in [3.05, 3.63) is 52.7 Å². The number of anilines is 1. The van der Waals surface area contributed by atoms with Crippen LogP contribution in [0.4, 0.5) is 5.82 Å². The molecule has 0 saturated heterocycles. The van der Waals surface area contributed by atoms with Gasteiger partial charge in [0.1, 0.15) is 10.6 Å². The van der Waals surface area contributed by atoms with Gasteiger partial charge in [0.25, 0.3) is 0 Å². The summed E-state index contributed by atoms with van der Waals surface area (Å²) < 4.78 is 0. The highest BCUT2D eigenvalue weighted by Crippen LogP contribution is 2.29. The number of fused-ring (bicyclic) bond motifs is 2. The predicted molar refractivity (Wildman–Crippen MR) is 122 cm³/mol. The van der Waals surface area contributed by atoms with Crippen LogP contribution in [0.15, 0.2) is 35.8 Å². The maximum Gasteiger partial charge on any atom is 0.303 e. The number of unbranched alkanes of at least 4 members (excludes halogenated alkanes) is 3. The number of carboxylic acids is 1. The van der Waals surface area contributed by atoms with Crippen molar-refractivity contribution < 1.29 is 9.90 Å². The number of carboxylic acid groups (broad SMARTS) is 1. The van der Waals surface area contributed by atoms with E-state index in [0.717, 1.165) is 73.1 Å². The van der Waals surface area contributed by atoms with Crippen LogP contribution < -0.4 is 5.32 Å². The third kappa shape index (κ3) is 5.36. The van der Waals surface area contributed by atoms with E-state index in [0.29, 0.717) is 0 Å². The van der Waals surface area contributed by atoms with Crippen LogP contribution in [-0.2, 0) is 17.6 Å². The molecule has 0 amide bonds. The van der Waals surface area contributed by atoms with Crippen LogP contribution in [0.2, 0.25) is 0 Å². The van der Waals surface area contributed by atoms with Gasteiger partial charge in [-0.3, -0.25) is 4.79 Å². The highest BCUT2D eigenvalue weighted by Gasteiger charge is 2.17. The maximum absolute atomic E-state index is 11.4. The fourth-order valence-electron chi connectivity index (χ4n) is 4.26. The summed E-state index contributed by atoms with van der Waals surface area (Å²) >= 11 is 1.62. The second kappa shape index (κ2) is 10.0. The van der Waals surface area contributed by atoms with Crippen LogP contribution in [0.5, 0.6) is 0 Å². The molecule has 0 aliphatic carbocycles. The molecular formula is C24H29N3O2S. The molecule has 0 aromatic carbocycles. The van der Waals surface area contributed by atoms with Crippen molar-refractivity contribution in [3.8, 4) is 0 Å². The van der Waals surface area contributed by atoms with Crippen molar-refractivity contribution in [1.29, 1.82) is 0 Å². The minimum absolute atomic E-state index is 0.0349. The summed E-state index contributed by atoms with van der Waals surface area (Å²) in [5.74, 6) is 0.372. The van der Waals surface area contributed by atoms with E-state index in [1.165, 1.54) is 17.7 Å². The Kier molecular flexibility index (Phi) is 6.95. The van der Waals surface area contributed by atoms with Crippen molar-refractivity contribution in [3.63, 3.8) is 0 Å². The second-order valence-corrected chi connectivity index (χ2v) is 9.07. The van der Waals surface area contributed by atoms with Gasteiger partial charge in [-0.25, -0.2) is 9.97 Å². The van der Waals surface area contributed by atoms with E-state index in [-0.39, 0.29) is 12.3 Å². The van der Waals surface area contributed by atoms with Crippen LogP contribution in [0.1, 0.15) is 67.7 Å². The van der Waals surface area contributed by atoms with Gasteiger partial charge in [-0.05, 0) is 72.7 Å². The Morgan fingerprint density at radius 1 is 1.20 bits per heavy atom. The summed E-state index contributed by atoms with van der Waals surface area (Å²) in [7, 11) is 0. The van der Waals surface area contributed by atoms with Crippen LogP contribution in [0, 0.1) is 0 Å². The Bertz CT molecular complexity index is 1000. The lowest BCUT2D eigenvalue weighted by Gasteiger charge is -2.17. The first-order chi connectivity index (χ1) is 14.7. The number of carbonyl (C=O) groups is 1. The van der Waals surface area contributed by atoms with Gasteiger partial charge >= 0.3 is 5.97 Å². The molecule has 1 aliphatic rings. The predicted octanol–water partition coefficient (Wildman–Crippen LogP) is 5.80. The lowest BCUT2D eigenvalue weighted by Crippen LogP contribution is -2.13. The number of aliphatic carboxylic acids is 1. The fraction of sp³-hybridized carbons (Fsp3) is 0.458. The molecule has 4 rings (SSSR count). The van der Waals surface area contributed by atoms with Crippen LogP contribution in [-0.4, -0.2) is 27.6 Å². The van der Waals surface area contributed by atoms with E-state index < -0.39 is 5.97 Å². The average Bonchev–Trinajstić information content (AvgIpc) is 3.23. The zero-order chi connectivity index (χ0) is 20.8. The SMILES string of the molecule is O=C(O)CC(CCCCCCc1ccc2c(n1)NCCC2)c1cnc2sccc2c1.